The van der Waals surface area contributed by atoms with E-state index in [0.29, 0.717) is 57.3 Å². The maximum Gasteiger partial charge on any atom is 0.347 e. The minimum Gasteiger partial charge on any atom is -0.463 e. The fourth-order valence-corrected chi connectivity index (χ4v) is 8.59. The van der Waals surface area contributed by atoms with E-state index < -0.39 is 59.8 Å². The molecule has 0 aliphatic carbocycles. The molecule has 2 N–H and O–H groups in total. The summed E-state index contributed by atoms with van der Waals surface area (Å²) < 4.78 is 48.1. The Balaban J connectivity index is -0.00000122. The number of aliphatic imine (C=N–C) groups is 2. The molecule has 24 heteroatoms. The summed E-state index contributed by atoms with van der Waals surface area (Å²) >= 11 is 18.8. The summed E-state index contributed by atoms with van der Waals surface area (Å²) in [6.07, 6.45) is 4.22. The van der Waals surface area contributed by atoms with Crippen LogP contribution >= 0.6 is 61.8 Å². The maximum absolute atomic E-state index is 13.8. The third-order valence-corrected chi connectivity index (χ3v) is 12.7. The number of thiazole rings is 2. The minimum atomic E-state index is -1.15. The number of esters is 4. The molecule has 0 bridgehead atoms. The predicted molar refractivity (Wildman–Crippen MR) is 312 cm³/mol. The molecule has 2 aromatic heterocycles. The summed E-state index contributed by atoms with van der Waals surface area (Å²) in [6, 6.07) is 5.86. The second kappa shape index (κ2) is 43.7. The number of nitrogens with zero attached hydrogens (tertiary/aromatic N) is 5. The standard InChI is InChI=1S/C24H26ClFN4O4S.C20H18BrClFN3O4S.C5H10.2C2H6.2CH4.2Y/c1-5-30(6-2)13-18-19(24(32)34-14(4)23(31)33-7-3)20(16-9-8-15(26)12-17(16)25)29-21(28-18)22-27-10-11-35-22;1-3-29-19(27)10(2)30-20(28)15-14(9-21)25-17(18-24-6-7-31-18)26-16(15)12-5-4-11(23)8-13(12)22;1-3-5-4-2;2*1-2;;;;/h8-12,14,20H,1-2,5-7,13H2,3-4H3,(H,28,29);4-8,10,16H,3,9H2,1-2H3,(H,25,26);1-5H2;2*1-2H3;2*1H4;;/q-2;;-2;;;;;;/t14-,20+;10-,16+;;;;;;;/m11......./s1. The topological polar surface area (TPSA) is 183 Å². The molecular weight excluding hydrogens is 1320 g/mol. The molecule has 4 heterocycles. The number of aromatic nitrogens is 2. The molecule has 2 aliphatic rings. The molecule has 4 aromatic rings. The summed E-state index contributed by atoms with van der Waals surface area (Å²) in [5.74, 6) is -3.08. The Morgan fingerprint density at radius 3 is 1.38 bits per heavy atom. The van der Waals surface area contributed by atoms with Crippen LogP contribution in [0.2, 0.25) is 10.0 Å². The Kier molecular flexibility index (Phi) is 44.4. The number of nitrogens with one attached hydrogen (secondary N) is 2. The number of halogens is 5. The van der Waals surface area contributed by atoms with E-state index in [2.05, 4.69) is 69.2 Å². The monoisotopic (exact) mass is 1390 g/mol. The van der Waals surface area contributed by atoms with Crippen LogP contribution in [0.5, 0.6) is 0 Å². The van der Waals surface area contributed by atoms with Crippen molar-refractivity contribution < 1.29 is 112 Å². The van der Waals surface area contributed by atoms with Gasteiger partial charge in [0.1, 0.15) is 23.7 Å². The molecule has 0 saturated heterocycles. The van der Waals surface area contributed by atoms with Crippen LogP contribution in [0.25, 0.3) is 0 Å². The van der Waals surface area contributed by atoms with Crippen LogP contribution in [-0.4, -0.2) is 101 Å². The number of ether oxygens (including phenoxy) is 4. The Bertz CT molecular complexity index is 2580. The van der Waals surface area contributed by atoms with E-state index in [1.807, 2.05) is 32.6 Å². The van der Waals surface area contributed by atoms with Gasteiger partial charge in [0.15, 0.2) is 33.9 Å². The summed E-state index contributed by atoms with van der Waals surface area (Å²) in [4.78, 5) is 70.4. The minimum absolute atomic E-state index is 0. The zero-order valence-corrected chi connectivity index (χ0v) is 55.0. The number of rotatable bonds is 19. The van der Waals surface area contributed by atoms with Crippen LogP contribution < -0.4 is 10.6 Å². The molecule has 6 rings (SSSR count). The van der Waals surface area contributed by atoms with Gasteiger partial charge in [-0.25, -0.2) is 37.9 Å². The van der Waals surface area contributed by atoms with E-state index in [0.717, 1.165) is 25.0 Å². The van der Waals surface area contributed by atoms with Crippen molar-refractivity contribution in [3.05, 3.63) is 153 Å². The van der Waals surface area contributed by atoms with E-state index in [1.54, 1.807) is 37.0 Å². The first kappa shape index (κ1) is 80.3. The van der Waals surface area contributed by atoms with Gasteiger partial charge < -0.3 is 62.2 Å². The summed E-state index contributed by atoms with van der Waals surface area (Å²) in [6.45, 7) is 30.6. The molecule has 79 heavy (non-hydrogen) atoms. The number of hydrogen-bond donors (Lipinski definition) is 2. The Morgan fingerprint density at radius 1 is 0.696 bits per heavy atom. The van der Waals surface area contributed by atoms with Gasteiger partial charge in [0.2, 0.25) is 0 Å². The third kappa shape index (κ3) is 24.8. The number of benzene rings is 2. The smallest absolute Gasteiger partial charge is 0.347 e. The van der Waals surface area contributed by atoms with E-state index in [-0.39, 0.29) is 127 Å². The van der Waals surface area contributed by atoms with Crippen molar-refractivity contribution in [2.45, 2.75) is 114 Å². The van der Waals surface area contributed by atoms with Gasteiger partial charge in [-0.1, -0.05) is 93.8 Å². The van der Waals surface area contributed by atoms with Crippen LogP contribution in [-0.2, 0) is 104 Å². The summed E-state index contributed by atoms with van der Waals surface area (Å²) in [5, 5.41) is 11.5. The van der Waals surface area contributed by atoms with E-state index in [4.69, 9.17) is 47.1 Å². The average Bonchev–Trinajstić information content (AvgIpc) is 4.16. The number of hydrogen-bond acceptors (Lipinski definition) is 17. The molecular formula is C55H74BrCl2F2N7O8S2Y2-4. The number of alkyl halides is 1. The molecule has 0 fully saturated rings. The van der Waals surface area contributed by atoms with Gasteiger partial charge in [-0.2, -0.15) is 12.8 Å². The average molecular weight is 1390 g/mol. The van der Waals surface area contributed by atoms with Crippen molar-refractivity contribution in [3.8, 4) is 0 Å². The molecule has 2 aliphatic heterocycles. The summed E-state index contributed by atoms with van der Waals surface area (Å²) in [7, 11) is 0. The van der Waals surface area contributed by atoms with Crippen molar-refractivity contribution in [3.63, 3.8) is 0 Å². The van der Waals surface area contributed by atoms with Crippen LogP contribution in [0.3, 0.4) is 0 Å². The van der Waals surface area contributed by atoms with Crippen LogP contribution in [0, 0.1) is 39.3 Å². The van der Waals surface area contributed by atoms with Gasteiger partial charge in [-0.15, -0.1) is 42.2 Å². The third-order valence-electron chi connectivity index (χ3n) is 9.93. The molecule has 0 unspecified atom stereocenters. The molecule has 15 nitrogen and oxygen atoms in total. The number of unbranched alkanes of at least 4 members (excludes halogenated alkanes) is 2. The first-order chi connectivity index (χ1) is 36.0. The van der Waals surface area contributed by atoms with Gasteiger partial charge in [0.25, 0.3) is 0 Å². The van der Waals surface area contributed by atoms with Crippen LogP contribution in [0.15, 0.2) is 92.1 Å². The number of carbonyl (C=O) groups excluding carboxylic acids is 4. The van der Waals surface area contributed by atoms with Crippen LogP contribution in [0.1, 0.15) is 123 Å². The van der Waals surface area contributed by atoms with E-state index in [9.17, 15) is 28.0 Å². The van der Waals surface area contributed by atoms with Gasteiger partial charge in [0, 0.05) is 133 Å². The largest absolute Gasteiger partial charge is 0.463 e. The number of allylic oxidation sites excluding steroid dienone is 1. The molecule has 434 valence electrons. The van der Waals surface area contributed by atoms with Crippen molar-refractivity contribution in [1.82, 2.24) is 25.5 Å². The van der Waals surface area contributed by atoms with Gasteiger partial charge in [-0.3, -0.25) is 9.98 Å². The Hall–Kier alpha value is -2.91. The maximum atomic E-state index is 13.8. The number of amidine groups is 2. The zero-order chi connectivity index (χ0) is 56.2. The zero-order valence-electron chi connectivity index (χ0n) is 44.6. The second-order valence-electron chi connectivity index (χ2n) is 14.9. The van der Waals surface area contributed by atoms with Crippen molar-refractivity contribution in [2.75, 3.05) is 38.2 Å². The molecule has 2 radical (unpaired) electrons. The fourth-order valence-electron chi connectivity index (χ4n) is 6.43. The summed E-state index contributed by atoms with van der Waals surface area (Å²) in [5.41, 5.74) is 2.00. The van der Waals surface area contributed by atoms with E-state index >= 15 is 0 Å². The first-order valence-corrected chi connectivity index (χ1v) is 27.7. The molecule has 0 amide bonds. The van der Waals surface area contributed by atoms with Gasteiger partial charge >= 0.3 is 23.9 Å². The normalized spacial score (nSPS) is 14.7. The first-order valence-electron chi connectivity index (χ1n) is 24.1. The number of carbonyl (C=O) groups is 4. The van der Waals surface area contributed by atoms with Crippen molar-refractivity contribution >= 4 is 97.4 Å². The Labute approximate surface area is 544 Å². The van der Waals surface area contributed by atoms with Gasteiger partial charge in [0.05, 0.1) is 24.4 Å². The quantitative estimate of drug-likeness (QED) is 0.0392. The molecule has 0 spiro atoms. The van der Waals surface area contributed by atoms with Gasteiger partial charge in [-0.05, 0) is 52.0 Å². The fraction of sp³-hybridized carbons (Fsp3) is 0.418. The van der Waals surface area contributed by atoms with Crippen LogP contribution in [0.4, 0.5) is 8.78 Å². The molecule has 0 saturated carbocycles. The molecule has 4 atom stereocenters. The van der Waals surface area contributed by atoms with E-state index in [1.165, 1.54) is 67.2 Å². The molecule has 2 aromatic carbocycles. The Morgan fingerprint density at radius 2 is 1.08 bits per heavy atom. The van der Waals surface area contributed by atoms with Crippen molar-refractivity contribution in [1.29, 1.82) is 0 Å². The second-order valence-corrected chi connectivity index (χ2v) is 18.0. The predicted octanol–water partition coefficient (Wildman–Crippen LogP) is 13.1. The van der Waals surface area contributed by atoms with Crippen molar-refractivity contribution in [2.24, 2.45) is 9.98 Å². The SMILES string of the molecule is C.C.CC.CC.CCOC(=O)[C@@H](C)OC(=O)C1=C(CBr)NC(c2nccs2)=N[C@H]1c1ccc(F)cc1Cl.[CH2-]CCC[CH2-].[CH2-]CN(C[CH2-])CC1=C(C(=O)O[C@H](C)C(=O)OCC)[C@H](c2ccc(F)cc2Cl)N=C(c2nccs2)N1.[Y].[Y].